The van der Waals surface area contributed by atoms with E-state index in [0.717, 1.165) is 5.56 Å². The van der Waals surface area contributed by atoms with Crippen molar-refractivity contribution in [2.24, 2.45) is 5.14 Å². The van der Waals surface area contributed by atoms with Crippen LogP contribution in [-0.2, 0) is 16.4 Å². The Morgan fingerprint density at radius 3 is 2.29 bits per heavy atom. The van der Waals surface area contributed by atoms with Crippen molar-refractivity contribution in [3.05, 3.63) is 84.1 Å². The lowest BCUT2D eigenvalue weighted by Gasteiger charge is -2.08. The standard InChI is InChI=1S/C20H20N4O3S/c21-28(26,27)18-9-6-15(7-10-18)12-13-22-19-11-8-17(14-23-19)24-20(25)16-4-2-1-3-5-16/h1-11,14H,12-13H2,(H,22,23)(H,24,25)(H2,21,26,27). The number of hydrogen-bond donors (Lipinski definition) is 3. The summed E-state index contributed by atoms with van der Waals surface area (Å²) in [6.07, 6.45) is 2.28. The normalized spacial score (nSPS) is 11.0. The molecule has 0 saturated heterocycles. The maximum Gasteiger partial charge on any atom is 0.255 e. The summed E-state index contributed by atoms with van der Waals surface area (Å²) in [7, 11) is -3.67. The number of carbonyl (C=O) groups excluding carboxylic acids is 1. The Bertz CT molecular complexity index is 1040. The van der Waals surface area contributed by atoms with Gasteiger partial charge in [0, 0.05) is 12.1 Å². The first-order valence-electron chi connectivity index (χ1n) is 8.60. The second kappa shape index (κ2) is 8.64. The zero-order valence-electron chi connectivity index (χ0n) is 15.0. The molecule has 0 radical (unpaired) electrons. The molecule has 3 aromatic rings. The summed E-state index contributed by atoms with van der Waals surface area (Å²) in [5.74, 6) is 0.491. The molecule has 4 N–H and O–H groups in total. The molecule has 28 heavy (non-hydrogen) atoms. The highest BCUT2D eigenvalue weighted by Crippen LogP contribution is 2.13. The van der Waals surface area contributed by atoms with Gasteiger partial charge >= 0.3 is 0 Å². The number of sulfonamides is 1. The molecule has 1 amide bonds. The minimum atomic E-state index is -3.67. The van der Waals surface area contributed by atoms with Gasteiger partial charge in [0.15, 0.2) is 0 Å². The lowest BCUT2D eigenvalue weighted by atomic mass is 10.1. The predicted molar refractivity (Wildman–Crippen MR) is 109 cm³/mol. The summed E-state index contributed by atoms with van der Waals surface area (Å²) in [5, 5.41) is 11.1. The van der Waals surface area contributed by atoms with Crippen molar-refractivity contribution in [1.82, 2.24) is 4.98 Å². The van der Waals surface area contributed by atoms with E-state index < -0.39 is 10.0 Å². The van der Waals surface area contributed by atoms with E-state index in [2.05, 4.69) is 15.6 Å². The molecule has 0 atom stereocenters. The molecule has 1 aromatic heterocycles. The van der Waals surface area contributed by atoms with Crippen LogP contribution in [0.3, 0.4) is 0 Å². The number of nitrogens with two attached hydrogens (primary N) is 1. The Labute approximate surface area is 163 Å². The summed E-state index contributed by atoms with van der Waals surface area (Å²) in [6, 6.07) is 19.0. The van der Waals surface area contributed by atoms with Crippen LogP contribution in [0.4, 0.5) is 11.5 Å². The number of rotatable bonds is 7. The molecule has 0 unspecified atom stereocenters. The first kappa shape index (κ1) is 19.5. The van der Waals surface area contributed by atoms with Gasteiger partial charge in [-0.15, -0.1) is 0 Å². The third kappa shape index (κ3) is 5.38. The van der Waals surface area contributed by atoms with E-state index in [1.165, 1.54) is 12.1 Å². The predicted octanol–water partition coefficient (Wildman–Crippen LogP) is 2.64. The molecule has 0 aliphatic rings. The Kier molecular flexibility index (Phi) is 6.03. The Balaban J connectivity index is 1.50. The third-order valence-electron chi connectivity index (χ3n) is 4.03. The molecule has 3 rings (SSSR count). The van der Waals surface area contributed by atoms with Crippen LogP contribution in [-0.4, -0.2) is 25.9 Å². The number of nitrogens with one attached hydrogen (secondary N) is 2. The van der Waals surface area contributed by atoms with E-state index in [1.54, 1.807) is 42.6 Å². The minimum absolute atomic E-state index is 0.0963. The Morgan fingerprint density at radius 1 is 0.964 bits per heavy atom. The third-order valence-corrected chi connectivity index (χ3v) is 4.96. The van der Waals surface area contributed by atoms with E-state index in [0.29, 0.717) is 30.0 Å². The van der Waals surface area contributed by atoms with E-state index in [-0.39, 0.29) is 10.8 Å². The molecule has 0 aliphatic carbocycles. The number of benzene rings is 2. The fraction of sp³-hybridized carbons (Fsp3) is 0.100. The van der Waals surface area contributed by atoms with Crippen molar-refractivity contribution in [1.29, 1.82) is 0 Å². The lowest BCUT2D eigenvalue weighted by Crippen LogP contribution is -2.12. The quantitative estimate of drug-likeness (QED) is 0.568. The zero-order chi connectivity index (χ0) is 20.0. The molecule has 1 heterocycles. The first-order valence-corrected chi connectivity index (χ1v) is 10.1. The highest BCUT2D eigenvalue weighted by molar-refractivity contribution is 7.89. The van der Waals surface area contributed by atoms with Crippen molar-refractivity contribution in [2.45, 2.75) is 11.3 Å². The van der Waals surface area contributed by atoms with Crippen molar-refractivity contribution in [3.8, 4) is 0 Å². The number of aromatic nitrogens is 1. The number of primary sulfonamides is 1. The molecule has 7 nitrogen and oxygen atoms in total. The second-order valence-corrected chi connectivity index (χ2v) is 7.68. The van der Waals surface area contributed by atoms with E-state index in [4.69, 9.17) is 5.14 Å². The Morgan fingerprint density at radius 2 is 1.68 bits per heavy atom. The monoisotopic (exact) mass is 396 g/mol. The summed E-state index contributed by atoms with van der Waals surface area (Å²) in [5.41, 5.74) is 2.17. The number of hydrogen-bond acceptors (Lipinski definition) is 5. The maximum atomic E-state index is 12.1. The number of amides is 1. The average Bonchev–Trinajstić information content (AvgIpc) is 2.70. The highest BCUT2D eigenvalue weighted by Gasteiger charge is 2.07. The molecule has 0 fully saturated rings. The number of anilines is 2. The summed E-state index contributed by atoms with van der Waals surface area (Å²) in [6.45, 7) is 0.622. The van der Waals surface area contributed by atoms with Gasteiger partial charge in [-0.25, -0.2) is 18.5 Å². The fourth-order valence-electron chi connectivity index (χ4n) is 2.55. The summed E-state index contributed by atoms with van der Waals surface area (Å²) < 4.78 is 22.5. The van der Waals surface area contributed by atoms with Crippen LogP contribution in [0.1, 0.15) is 15.9 Å². The van der Waals surface area contributed by atoms with Gasteiger partial charge in [0.25, 0.3) is 5.91 Å². The highest BCUT2D eigenvalue weighted by atomic mass is 32.2. The van der Waals surface area contributed by atoms with Crippen molar-refractivity contribution in [2.75, 3.05) is 17.2 Å². The number of pyridine rings is 1. The molecule has 0 saturated carbocycles. The first-order chi connectivity index (χ1) is 13.4. The fourth-order valence-corrected chi connectivity index (χ4v) is 3.06. The minimum Gasteiger partial charge on any atom is -0.370 e. The van der Waals surface area contributed by atoms with Crippen molar-refractivity contribution < 1.29 is 13.2 Å². The van der Waals surface area contributed by atoms with Crippen LogP contribution in [0.2, 0.25) is 0 Å². The van der Waals surface area contributed by atoms with Gasteiger partial charge < -0.3 is 10.6 Å². The van der Waals surface area contributed by atoms with Crippen molar-refractivity contribution in [3.63, 3.8) is 0 Å². The van der Waals surface area contributed by atoms with E-state index >= 15 is 0 Å². The Hall–Kier alpha value is -3.23. The van der Waals surface area contributed by atoms with E-state index in [1.807, 2.05) is 18.2 Å². The van der Waals surface area contributed by atoms with Crippen LogP contribution in [0, 0.1) is 0 Å². The molecular formula is C20H20N4O3S. The molecule has 0 bridgehead atoms. The van der Waals surface area contributed by atoms with Crippen LogP contribution in [0.5, 0.6) is 0 Å². The zero-order valence-corrected chi connectivity index (χ0v) is 15.8. The van der Waals surface area contributed by atoms with E-state index in [9.17, 15) is 13.2 Å². The van der Waals surface area contributed by atoms with Crippen LogP contribution >= 0.6 is 0 Å². The molecule has 2 aromatic carbocycles. The molecule has 8 heteroatoms. The number of nitrogens with zero attached hydrogens (tertiary/aromatic N) is 1. The SMILES string of the molecule is NS(=O)(=O)c1ccc(CCNc2ccc(NC(=O)c3ccccc3)cn2)cc1. The molecule has 0 spiro atoms. The van der Waals surface area contributed by atoms with Crippen LogP contribution in [0.25, 0.3) is 0 Å². The topological polar surface area (TPSA) is 114 Å². The van der Waals surface area contributed by atoms with Gasteiger partial charge in [-0.2, -0.15) is 0 Å². The van der Waals surface area contributed by atoms with Crippen LogP contribution in [0.15, 0.2) is 77.8 Å². The van der Waals surface area contributed by atoms with Gasteiger partial charge in [0.2, 0.25) is 10.0 Å². The lowest BCUT2D eigenvalue weighted by molar-refractivity contribution is 0.102. The average molecular weight is 396 g/mol. The van der Waals surface area contributed by atoms with Crippen molar-refractivity contribution >= 4 is 27.4 Å². The molecule has 144 valence electrons. The van der Waals surface area contributed by atoms with Gasteiger partial charge in [0.05, 0.1) is 16.8 Å². The van der Waals surface area contributed by atoms with Gasteiger partial charge in [-0.05, 0) is 48.4 Å². The van der Waals surface area contributed by atoms with Gasteiger partial charge in [-0.1, -0.05) is 30.3 Å². The summed E-state index contributed by atoms with van der Waals surface area (Å²) >= 11 is 0. The second-order valence-electron chi connectivity index (χ2n) is 6.12. The number of carbonyl (C=O) groups is 1. The van der Waals surface area contributed by atoms with Crippen LogP contribution < -0.4 is 15.8 Å². The largest absolute Gasteiger partial charge is 0.370 e. The van der Waals surface area contributed by atoms with Gasteiger partial charge in [0.1, 0.15) is 5.82 Å². The van der Waals surface area contributed by atoms with Gasteiger partial charge in [-0.3, -0.25) is 4.79 Å². The summed E-state index contributed by atoms with van der Waals surface area (Å²) in [4.78, 5) is 16.5. The molecular weight excluding hydrogens is 376 g/mol. The smallest absolute Gasteiger partial charge is 0.255 e. The molecule has 0 aliphatic heterocycles. The maximum absolute atomic E-state index is 12.1.